The molecule has 0 amide bonds. The maximum Gasteiger partial charge on any atom is 0.0717 e. The van der Waals surface area contributed by atoms with E-state index >= 15 is 0 Å². The minimum Gasteiger partial charge on any atom is -0.375 e. The van der Waals surface area contributed by atoms with Gasteiger partial charge < -0.3 is 10.1 Å². The van der Waals surface area contributed by atoms with E-state index < -0.39 is 0 Å². The largest absolute Gasteiger partial charge is 0.375 e. The Morgan fingerprint density at radius 3 is 2.53 bits per heavy atom. The lowest BCUT2D eigenvalue weighted by molar-refractivity contribution is 0.0886. The zero-order valence-electron chi connectivity index (χ0n) is 10.1. The van der Waals surface area contributed by atoms with Gasteiger partial charge in [0.2, 0.25) is 0 Å². The molecule has 1 fully saturated rings. The van der Waals surface area contributed by atoms with Gasteiger partial charge in [-0.15, -0.1) is 12.4 Å². The average molecular weight is 257 g/mol. The van der Waals surface area contributed by atoms with Crippen LogP contribution in [0.3, 0.4) is 0 Å². The molecule has 0 spiro atoms. The fourth-order valence-electron chi connectivity index (χ4n) is 1.89. The van der Waals surface area contributed by atoms with Crippen LogP contribution in [0.1, 0.15) is 5.56 Å². The number of halogens is 1. The highest BCUT2D eigenvalue weighted by Crippen LogP contribution is 2.00. The summed E-state index contributed by atoms with van der Waals surface area (Å²) in [5.74, 6) is 0. The van der Waals surface area contributed by atoms with Gasteiger partial charge in [0.15, 0.2) is 0 Å². The zero-order valence-corrected chi connectivity index (χ0v) is 10.9. The molecule has 0 atom stereocenters. The molecule has 0 bridgehead atoms. The lowest BCUT2D eigenvalue weighted by Crippen LogP contribution is -2.44. The predicted octanol–water partition coefficient (Wildman–Crippen LogP) is 1.53. The second-order valence-corrected chi connectivity index (χ2v) is 4.13. The third-order valence-electron chi connectivity index (χ3n) is 2.87. The minimum absolute atomic E-state index is 0. The Morgan fingerprint density at radius 1 is 1.12 bits per heavy atom. The van der Waals surface area contributed by atoms with Crippen LogP contribution in [0.25, 0.3) is 0 Å². The monoisotopic (exact) mass is 256 g/mol. The second-order valence-electron chi connectivity index (χ2n) is 4.13. The van der Waals surface area contributed by atoms with Gasteiger partial charge in [-0.25, -0.2) is 0 Å². The molecule has 96 valence electrons. The molecule has 1 saturated heterocycles. The van der Waals surface area contributed by atoms with Crippen LogP contribution in [-0.2, 0) is 11.3 Å². The Hall–Kier alpha value is -0.610. The van der Waals surface area contributed by atoms with E-state index in [2.05, 4.69) is 34.5 Å². The van der Waals surface area contributed by atoms with Crippen molar-refractivity contribution < 1.29 is 4.74 Å². The van der Waals surface area contributed by atoms with E-state index in [4.69, 9.17) is 4.74 Å². The van der Waals surface area contributed by atoms with Crippen molar-refractivity contribution in [2.45, 2.75) is 6.61 Å². The molecule has 0 unspecified atom stereocenters. The Bertz CT molecular complexity index is 289. The fraction of sp³-hybridized carbons (Fsp3) is 0.538. The van der Waals surface area contributed by atoms with Crippen molar-refractivity contribution in [3.63, 3.8) is 0 Å². The maximum absolute atomic E-state index is 5.66. The highest BCUT2D eigenvalue weighted by atomic mass is 35.5. The molecule has 3 nitrogen and oxygen atoms in total. The fourth-order valence-corrected chi connectivity index (χ4v) is 1.89. The Labute approximate surface area is 110 Å². The first-order valence-electron chi connectivity index (χ1n) is 6.00. The van der Waals surface area contributed by atoms with Gasteiger partial charge in [-0.1, -0.05) is 30.3 Å². The third-order valence-corrected chi connectivity index (χ3v) is 2.87. The number of nitrogens with one attached hydrogen (secondary N) is 1. The van der Waals surface area contributed by atoms with Crippen LogP contribution < -0.4 is 5.32 Å². The third kappa shape index (κ3) is 5.50. The van der Waals surface area contributed by atoms with Gasteiger partial charge in [-0.05, 0) is 5.56 Å². The molecule has 0 aromatic heterocycles. The average Bonchev–Trinajstić information content (AvgIpc) is 2.37. The summed E-state index contributed by atoms with van der Waals surface area (Å²) in [5.41, 5.74) is 1.25. The molecule has 0 aliphatic carbocycles. The molecule has 4 heteroatoms. The van der Waals surface area contributed by atoms with Gasteiger partial charge >= 0.3 is 0 Å². The standard InChI is InChI=1S/C13H20N2O.ClH/c1-2-4-13(5-3-1)12-16-11-10-15-8-6-14-7-9-15;/h1-5,14H,6-12H2;1H. The summed E-state index contributed by atoms with van der Waals surface area (Å²) in [7, 11) is 0. The quantitative estimate of drug-likeness (QED) is 0.809. The van der Waals surface area contributed by atoms with Gasteiger partial charge in [0.1, 0.15) is 0 Å². The lowest BCUT2D eigenvalue weighted by atomic mass is 10.2. The van der Waals surface area contributed by atoms with Crippen molar-refractivity contribution in [3.05, 3.63) is 35.9 Å². The van der Waals surface area contributed by atoms with E-state index in [1.807, 2.05) is 6.07 Å². The highest BCUT2D eigenvalue weighted by Gasteiger charge is 2.08. The number of hydrogen-bond acceptors (Lipinski definition) is 3. The summed E-state index contributed by atoms with van der Waals surface area (Å²) in [6, 6.07) is 10.3. The Balaban J connectivity index is 0.00000144. The van der Waals surface area contributed by atoms with Crippen LogP contribution in [0.15, 0.2) is 30.3 Å². The molecule has 1 aliphatic heterocycles. The number of benzene rings is 1. The maximum atomic E-state index is 5.66. The van der Waals surface area contributed by atoms with Crippen LogP contribution in [0.2, 0.25) is 0 Å². The molecule has 17 heavy (non-hydrogen) atoms. The first-order valence-corrected chi connectivity index (χ1v) is 6.00. The molecule has 1 aromatic rings. The van der Waals surface area contributed by atoms with Crippen molar-refractivity contribution in [1.29, 1.82) is 0 Å². The Morgan fingerprint density at radius 2 is 1.82 bits per heavy atom. The number of nitrogens with zero attached hydrogens (tertiary/aromatic N) is 1. The number of piperazine rings is 1. The summed E-state index contributed by atoms with van der Waals surface area (Å²) in [6.45, 7) is 7.12. The highest BCUT2D eigenvalue weighted by molar-refractivity contribution is 5.85. The van der Waals surface area contributed by atoms with Crippen molar-refractivity contribution in [2.75, 3.05) is 39.3 Å². The van der Waals surface area contributed by atoms with Gasteiger partial charge in [-0.3, -0.25) is 4.90 Å². The van der Waals surface area contributed by atoms with Crippen LogP contribution in [0.4, 0.5) is 0 Å². The minimum atomic E-state index is 0. The van der Waals surface area contributed by atoms with E-state index in [1.54, 1.807) is 0 Å². The van der Waals surface area contributed by atoms with E-state index in [0.29, 0.717) is 0 Å². The van der Waals surface area contributed by atoms with Gasteiger partial charge in [0.05, 0.1) is 13.2 Å². The first kappa shape index (κ1) is 14.5. The topological polar surface area (TPSA) is 24.5 Å². The van der Waals surface area contributed by atoms with Gasteiger partial charge in [-0.2, -0.15) is 0 Å². The molecule has 2 rings (SSSR count). The molecule has 1 aliphatic rings. The smallest absolute Gasteiger partial charge is 0.0717 e. The van der Waals surface area contributed by atoms with Crippen LogP contribution in [0, 0.1) is 0 Å². The summed E-state index contributed by atoms with van der Waals surface area (Å²) >= 11 is 0. The van der Waals surface area contributed by atoms with E-state index in [-0.39, 0.29) is 12.4 Å². The van der Waals surface area contributed by atoms with Crippen LogP contribution in [-0.4, -0.2) is 44.2 Å². The van der Waals surface area contributed by atoms with Crippen molar-refractivity contribution in [3.8, 4) is 0 Å². The van der Waals surface area contributed by atoms with Crippen molar-refractivity contribution in [1.82, 2.24) is 10.2 Å². The van der Waals surface area contributed by atoms with Gasteiger partial charge in [0, 0.05) is 32.7 Å². The summed E-state index contributed by atoms with van der Waals surface area (Å²) in [4.78, 5) is 2.45. The summed E-state index contributed by atoms with van der Waals surface area (Å²) in [5, 5.41) is 3.35. The van der Waals surface area contributed by atoms with E-state index in [9.17, 15) is 0 Å². The summed E-state index contributed by atoms with van der Waals surface area (Å²) < 4.78 is 5.66. The normalized spacial score (nSPS) is 16.5. The van der Waals surface area contributed by atoms with Crippen molar-refractivity contribution in [2.24, 2.45) is 0 Å². The van der Waals surface area contributed by atoms with Crippen LogP contribution in [0.5, 0.6) is 0 Å². The van der Waals surface area contributed by atoms with Crippen LogP contribution >= 0.6 is 12.4 Å². The molecular weight excluding hydrogens is 236 g/mol. The van der Waals surface area contributed by atoms with E-state index in [0.717, 1.165) is 45.9 Å². The Kier molecular flexibility index (Phi) is 7.21. The SMILES string of the molecule is Cl.c1ccc(COCCN2CCNCC2)cc1. The molecule has 1 aromatic carbocycles. The first-order chi connectivity index (χ1) is 7.95. The van der Waals surface area contributed by atoms with Gasteiger partial charge in [0.25, 0.3) is 0 Å². The molecule has 0 saturated carbocycles. The number of ether oxygens (including phenoxy) is 1. The molecule has 0 radical (unpaired) electrons. The number of rotatable bonds is 5. The molecule has 1 heterocycles. The lowest BCUT2D eigenvalue weighted by Gasteiger charge is -2.26. The molecular formula is C13H21ClN2O. The molecule has 1 N–H and O–H groups in total. The van der Waals surface area contributed by atoms with E-state index in [1.165, 1.54) is 5.56 Å². The zero-order chi connectivity index (χ0) is 11.1. The second kappa shape index (κ2) is 8.48. The predicted molar refractivity (Wildman–Crippen MR) is 72.7 cm³/mol. The summed E-state index contributed by atoms with van der Waals surface area (Å²) in [6.07, 6.45) is 0. The number of hydrogen-bond donors (Lipinski definition) is 1. The van der Waals surface area contributed by atoms with Crippen molar-refractivity contribution >= 4 is 12.4 Å².